The van der Waals surface area contributed by atoms with Crippen LogP contribution >= 0.6 is 34.8 Å². The molecule has 29 heavy (non-hydrogen) atoms. The highest BCUT2D eigenvalue weighted by Crippen LogP contribution is 2.37. The van der Waals surface area contributed by atoms with Crippen LogP contribution in [-0.2, 0) is 4.79 Å². The van der Waals surface area contributed by atoms with Crippen molar-refractivity contribution < 1.29 is 4.79 Å². The fourth-order valence-corrected chi connectivity index (χ4v) is 4.44. The van der Waals surface area contributed by atoms with Gasteiger partial charge in [0.25, 0.3) is 0 Å². The van der Waals surface area contributed by atoms with Crippen LogP contribution in [0, 0.1) is 5.92 Å². The zero-order chi connectivity index (χ0) is 21.0. The Morgan fingerprint density at radius 1 is 1.03 bits per heavy atom. The van der Waals surface area contributed by atoms with Crippen molar-refractivity contribution in [3.8, 4) is 0 Å². The normalized spacial score (nSPS) is 17.1. The Labute approximate surface area is 188 Å². The van der Waals surface area contributed by atoms with E-state index >= 15 is 0 Å². The molecule has 0 N–H and O–H groups in total. The van der Waals surface area contributed by atoms with Crippen molar-refractivity contribution in [2.24, 2.45) is 5.92 Å². The third kappa shape index (κ3) is 5.81. The summed E-state index contributed by atoms with van der Waals surface area (Å²) in [6.07, 6.45) is 2.62. The van der Waals surface area contributed by atoms with Crippen molar-refractivity contribution in [2.45, 2.75) is 39.2 Å². The molecule has 2 aromatic carbocycles. The molecule has 0 saturated carbocycles. The smallest absolute Gasteiger partial charge is 0.222 e. The van der Waals surface area contributed by atoms with Crippen LogP contribution in [0.3, 0.4) is 0 Å². The van der Waals surface area contributed by atoms with Gasteiger partial charge in [-0.3, -0.25) is 4.79 Å². The lowest BCUT2D eigenvalue weighted by atomic mass is 10.0. The van der Waals surface area contributed by atoms with Crippen LogP contribution in [0.1, 0.15) is 44.7 Å². The molecule has 6 heteroatoms. The van der Waals surface area contributed by atoms with Crippen molar-refractivity contribution in [2.75, 3.05) is 24.5 Å². The number of carbonyl (C=O) groups excluding carboxylic acids is 1. The number of benzene rings is 2. The zero-order valence-electron chi connectivity index (χ0n) is 16.9. The van der Waals surface area contributed by atoms with Gasteiger partial charge in [0.2, 0.25) is 5.91 Å². The van der Waals surface area contributed by atoms with Crippen LogP contribution in [-0.4, -0.2) is 30.4 Å². The number of carbonyl (C=O) groups is 1. The van der Waals surface area contributed by atoms with Gasteiger partial charge in [-0.15, -0.1) is 0 Å². The molecule has 1 atom stereocenters. The van der Waals surface area contributed by atoms with E-state index in [0.717, 1.165) is 24.1 Å². The summed E-state index contributed by atoms with van der Waals surface area (Å²) in [5.41, 5.74) is 2.04. The third-order valence-electron chi connectivity index (χ3n) is 5.38. The molecule has 1 aliphatic heterocycles. The van der Waals surface area contributed by atoms with E-state index in [1.165, 1.54) is 0 Å². The average Bonchev–Trinajstić information content (AvgIpc) is 2.68. The van der Waals surface area contributed by atoms with Crippen LogP contribution in [0.2, 0.25) is 15.1 Å². The Balaban J connectivity index is 1.82. The lowest BCUT2D eigenvalue weighted by molar-refractivity contribution is -0.132. The van der Waals surface area contributed by atoms with Crippen LogP contribution in [0.4, 0.5) is 5.69 Å². The minimum Gasteiger partial charge on any atom is -0.360 e. The average molecular weight is 454 g/mol. The first-order valence-electron chi connectivity index (χ1n) is 10.1. The Bertz CT molecular complexity index is 839. The highest BCUT2D eigenvalue weighted by atomic mass is 35.5. The van der Waals surface area contributed by atoms with Gasteiger partial charge >= 0.3 is 0 Å². The molecule has 0 bridgehead atoms. The summed E-state index contributed by atoms with van der Waals surface area (Å²) in [7, 11) is 0. The molecule has 1 saturated heterocycles. The quantitative estimate of drug-likeness (QED) is 0.477. The Morgan fingerprint density at radius 3 is 2.38 bits per heavy atom. The lowest BCUT2D eigenvalue weighted by Crippen LogP contribution is -2.50. The van der Waals surface area contributed by atoms with E-state index in [0.29, 0.717) is 47.0 Å². The predicted octanol–water partition coefficient (Wildman–Crippen LogP) is 6.86. The molecule has 1 fully saturated rings. The monoisotopic (exact) mass is 452 g/mol. The maximum Gasteiger partial charge on any atom is 0.222 e. The van der Waals surface area contributed by atoms with Crippen molar-refractivity contribution in [3.05, 3.63) is 63.1 Å². The van der Waals surface area contributed by atoms with E-state index in [1.54, 1.807) is 6.07 Å². The van der Waals surface area contributed by atoms with Gasteiger partial charge < -0.3 is 9.80 Å². The second kappa shape index (κ2) is 10.1. The highest BCUT2D eigenvalue weighted by Gasteiger charge is 2.31. The van der Waals surface area contributed by atoms with Crippen molar-refractivity contribution >= 4 is 46.4 Å². The molecule has 156 valence electrons. The molecule has 1 aliphatic rings. The van der Waals surface area contributed by atoms with Gasteiger partial charge in [-0.05, 0) is 48.2 Å². The summed E-state index contributed by atoms with van der Waals surface area (Å²) in [5, 5.41) is 1.93. The fraction of sp³-hybridized carbons (Fsp3) is 0.435. The van der Waals surface area contributed by atoms with Gasteiger partial charge in [0.05, 0.1) is 16.8 Å². The maximum atomic E-state index is 12.8. The van der Waals surface area contributed by atoms with Gasteiger partial charge in [-0.1, -0.05) is 67.2 Å². The number of nitrogens with zero attached hydrogens (tertiary/aromatic N) is 2. The van der Waals surface area contributed by atoms with Gasteiger partial charge in [-0.2, -0.15) is 0 Å². The summed E-state index contributed by atoms with van der Waals surface area (Å²) >= 11 is 18.7. The molecule has 0 aliphatic carbocycles. The predicted molar refractivity (Wildman–Crippen MR) is 123 cm³/mol. The van der Waals surface area contributed by atoms with E-state index in [-0.39, 0.29) is 11.9 Å². The number of piperazine rings is 1. The van der Waals surface area contributed by atoms with Crippen LogP contribution in [0.5, 0.6) is 0 Å². The number of rotatable bonds is 6. The summed E-state index contributed by atoms with van der Waals surface area (Å²) in [4.78, 5) is 17.1. The SMILES string of the molecule is CC(C)CCCC(=O)N1CCN(c2ccc(Cl)cc2Cl)[C@H](c2ccc(Cl)cc2)C1. The molecule has 0 aromatic heterocycles. The third-order valence-corrected chi connectivity index (χ3v) is 6.17. The van der Waals surface area contributed by atoms with Crippen LogP contribution in [0.25, 0.3) is 0 Å². The number of hydrogen-bond donors (Lipinski definition) is 0. The summed E-state index contributed by atoms with van der Waals surface area (Å²) in [6, 6.07) is 13.4. The molecule has 0 unspecified atom stereocenters. The molecule has 0 spiro atoms. The topological polar surface area (TPSA) is 23.6 Å². The Kier molecular flexibility index (Phi) is 7.72. The van der Waals surface area contributed by atoms with E-state index in [4.69, 9.17) is 34.8 Å². The Hall–Kier alpha value is -1.42. The minimum absolute atomic E-state index is 0.00809. The molecular formula is C23H27Cl3N2O. The first-order chi connectivity index (χ1) is 13.8. The van der Waals surface area contributed by atoms with Crippen molar-refractivity contribution in [1.82, 2.24) is 4.90 Å². The lowest BCUT2D eigenvalue weighted by Gasteiger charge is -2.43. The first kappa shape index (κ1) is 22.3. The summed E-state index contributed by atoms with van der Waals surface area (Å²) < 4.78 is 0. The molecule has 0 radical (unpaired) electrons. The fourth-order valence-electron chi connectivity index (χ4n) is 3.80. The van der Waals surface area contributed by atoms with Crippen LogP contribution in [0.15, 0.2) is 42.5 Å². The van der Waals surface area contributed by atoms with E-state index in [2.05, 4.69) is 18.7 Å². The number of hydrogen-bond acceptors (Lipinski definition) is 2. The molecular weight excluding hydrogens is 427 g/mol. The molecule has 1 heterocycles. The first-order valence-corrected chi connectivity index (χ1v) is 11.2. The minimum atomic E-state index is 0.00809. The van der Waals surface area contributed by atoms with E-state index < -0.39 is 0 Å². The van der Waals surface area contributed by atoms with E-state index in [1.807, 2.05) is 41.3 Å². The van der Waals surface area contributed by atoms with Gasteiger partial charge in [0, 0.05) is 36.1 Å². The van der Waals surface area contributed by atoms with E-state index in [9.17, 15) is 4.79 Å². The maximum absolute atomic E-state index is 12.8. The Morgan fingerprint density at radius 2 is 1.72 bits per heavy atom. The molecule has 1 amide bonds. The second-order valence-corrected chi connectivity index (χ2v) is 9.26. The highest BCUT2D eigenvalue weighted by molar-refractivity contribution is 6.36. The number of anilines is 1. The van der Waals surface area contributed by atoms with Gasteiger partial charge in [-0.25, -0.2) is 0 Å². The molecule has 3 rings (SSSR count). The summed E-state index contributed by atoms with van der Waals surface area (Å²) in [5.74, 6) is 0.847. The zero-order valence-corrected chi connectivity index (χ0v) is 19.1. The second-order valence-electron chi connectivity index (χ2n) is 7.98. The number of amides is 1. The number of halogens is 3. The van der Waals surface area contributed by atoms with Gasteiger partial charge in [0.15, 0.2) is 0 Å². The van der Waals surface area contributed by atoms with Crippen LogP contribution < -0.4 is 4.90 Å². The van der Waals surface area contributed by atoms with Crippen molar-refractivity contribution in [1.29, 1.82) is 0 Å². The van der Waals surface area contributed by atoms with Gasteiger partial charge in [0.1, 0.15) is 0 Å². The summed E-state index contributed by atoms with van der Waals surface area (Å²) in [6.45, 7) is 6.40. The molecule has 2 aromatic rings. The molecule has 3 nitrogen and oxygen atoms in total. The van der Waals surface area contributed by atoms with Crippen molar-refractivity contribution in [3.63, 3.8) is 0 Å². The standard InChI is InChI=1S/C23H27Cl3N2O/c1-16(2)4-3-5-23(29)27-12-13-28(21-11-10-19(25)14-20(21)26)22(15-27)17-6-8-18(24)9-7-17/h6-11,14,16,22H,3-5,12-13,15H2,1-2H3/t22-/m0/s1. The largest absolute Gasteiger partial charge is 0.360 e.